The summed E-state index contributed by atoms with van der Waals surface area (Å²) >= 11 is 12.2. The third-order valence-electron chi connectivity index (χ3n) is 3.12. The fourth-order valence-corrected chi connectivity index (χ4v) is 2.54. The number of hydrogen-bond acceptors (Lipinski definition) is 2. The van der Waals surface area contributed by atoms with Gasteiger partial charge in [-0.05, 0) is 41.9 Å². The number of halogens is 2. The average molecular weight is 310 g/mol. The molecule has 0 fully saturated rings. The number of benzene rings is 2. The molecule has 0 aliphatic rings. The van der Waals surface area contributed by atoms with E-state index in [0.717, 1.165) is 22.7 Å². The third-order valence-corrected chi connectivity index (χ3v) is 3.67. The fourth-order valence-electron chi connectivity index (χ4n) is 2.15. The van der Waals surface area contributed by atoms with Gasteiger partial charge >= 0.3 is 0 Å². The van der Waals surface area contributed by atoms with Crippen LogP contribution in [0.5, 0.6) is 5.75 Å². The van der Waals surface area contributed by atoms with Gasteiger partial charge in [0.05, 0.1) is 18.2 Å². The van der Waals surface area contributed by atoms with Crippen LogP contribution < -0.4 is 10.1 Å². The van der Waals surface area contributed by atoms with Crippen molar-refractivity contribution in [1.82, 2.24) is 5.32 Å². The van der Waals surface area contributed by atoms with Crippen molar-refractivity contribution in [3.05, 3.63) is 63.6 Å². The van der Waals surface area contributed by atoms with Crippen molar-refractivity contribution in [3.63, 3.8) is 0 Å². The lowest BCUT2D eigenvalue weighted by Gasteiger charge is -2.20. The summed E-state index contributed by atoms with van der Waals surface area (Å²) in [6.45, 7) is 2.94. The molecule has 0 saturated heterocycles. The van der Waals surface area contributed by atoms with E-state index in [1.54, 1.807) is 7.11 Å². The summed E-state index contributed by atoms with van der Waals surface area (Å²) in [5.74, 6) is 0.682. The van der Waals surface area contributed by atoms with Crippen LogP contribution >= 0.6 is 23.2 Å². The maximum absolute atomic E-state index is 6.21. The van der Waals surface area contributed by atoms with Crippen LogP contribution in [0.25, 0.3) is 0 Å². The van der Waals surface area contributed by atoms with E-state index in [9.17, 15) is 0 Å². The zero-order valence-corrected chi connectivity index (χ0v) is 13.0. The quantitative estimate of drug-likeness (QED) is 0.864. The lowest BCUT2D eigenvalue weighted by Crippen LogP contribution is -2.21. The second-order valence-corrected chi connectivity index (χ2v) is 5.28. The predicted molar refractivity (Wildman–Crippen MR) is 85.0 cm³/mol. The van der Waals surface area contributed by atoms with Gasteiger partial charge in [0, 0.05) is 5.02 Å². The zero-order chi connectivity index (χ0) is 14.5. The van der Waals surface area contributed by atoms with Gasteiger partial charge in [-0.2, -0.15) is 0 Å². The van der Waals surface area contributed by atoms with Crippen LogP contribution in [0.15, 0.2) is 42.5 Å². The van der Waals surface area contributed by atoms with Gasteiger partial charge in [0.15, 0.2) is 0 Å². The minimum Gasteiger partial charge on any atom is -0.495 e. The Morgan fingerprint density at radius 2 is 1.70 bits per heavy atom. The fraction of sp³-hybridized carbons (Fsp3) is 0.250. The van der Waals surface area contributed by atoms with Crippen molar-refractivity contribution in [1.29, 1.82) is 0 Å². The molecule has 0 amide bonds. The molecule has 0 aliphatic heterocycles. The molecule has 20 heavy (non-hydrogen) atoms. The summed E-state index contributed by atoms with van der Waals surface area (Å²) in [6.07, 6.45) is 0. The lowest BCUT2D eigenvalue weighted by atomic mass is 9.98. The maximum atomic E-state index is 6.21. The first-order valence-electron chi connectivity index (χ1n) is 6.48. The summed E-state index contributed by atoms with van der Waals surface area (Å²) in [5.41, 5.74) is 2.25. The van der Waals surface area contributed by atoms with E-state index >= 15 is 0 Å². The molecule has 1 atom stereocenters. The number of rotatable bonds is 5. The van der Waals surface area contributed by atoms with Gasteiger partial charge in [0.1, 0.15) is 5.75 Å². The molecule has 2 nitrogen and oxygen atoms in total. The van der Waals surface area contributed by atoms with Gasteiger partial charge in [0.2, 0.25) is 0 Å². The van der Waals surface area contributed by atoms with Gasteiger partial charge < -0.3 is 10.1 Å². The van der Waals surface area contributed by atoms with Crippen molar-refractivity contribution >= 4 is 23.2 Å². The standard InChI is InChI=1S/C16H17Cl2NO/c1-3-19-16(11-4-7-13(17)8-5-11)12-6-9-15(20-2)14(18)10-12/h4-10,16,19H,3H2,1-2H3. The molecule has 2 aromatic rings. The second kappa shape index (κ2) is 6.98. The Morgan fingerprint density at radius 1 is 1.05 bits per heavy atom. The molecule has 2 aromatic carbocycles. The largest absolute Gasteiger partial charge is 0.495 e. The lowest BCUT2D eigenvalue weighted by molar-refractivity contribution is 0.414. The Morgan fingerprint density at radius 3 is 2.25 bits per heavy atom. The average Bonchev–Trinajstić information content (AvgIpc) is 2.46. The summed E-state index contributed by atoms with van der Waals surface area (Å²) < 4.78 is 5.19. The highest BCUT2D eigenvalue weighted by Crippen LogP contribution is 2.30. The van der Waals surface area contributed by atoms with E-state index in [1.807, 2.05) is 42.5 Å². The Labute approximate surface area is 129 Å². The molecular formula is C16H17Cl2NO. The van der Waals surface area contributed by atoms with E-state index in [0.29, 0.717) is 10.8 Å². The molecule has 2 rings (SSSR count). The first-order valence-corrected chi connectivity index (χ1v) is 7.23. The molecule has 106 valence electrons. The smallest absolute Gasteiger partial charge is 0.137 e. The molecule has 0 radical (unpaired) electrons. The van der Waals surface area contributed by atoms with Gasteiger partial charge in [-0.15, -0.1) is 0 Å². The number of hydrogen-bond donors (Lipinski definition) is 1. The SMILES string of the molecule is CCNC(c1ccc(Cl)cc1)c1ccc(OC)c(Cl)c1. The van der Waals surface area contributed by atoms with Crippen LogP contribution in [-0.2, 0) is 0 Å². The van der Waals surface area contributed by atoms with Crippen LogP contribution in [0.2, 0.25) is 10.0 Å². The molecule has 0 aromatic heterocycles. The van der Waals surface area contributed by atoms with Crippen molar-refractivity contribution in [2.75, 3.05) is 13.7 Å². The molecular weight excluding hydrogens is 293 g/mol. The second-order valence-electron chi connectivity index (χ2n) is 4.44. The van der Waals surface area contributed by atoms with Crippen molar-refractivity contribution in [2.45, 2.75) is 13.0 Å². The van der Waals surface area contributed by atoms with Crippen molar-refractivity contribution < 1.29 is 4.74 Å². The highest BCUT2D eigenvalue weighted by atomic mass is 35.5. The normalized spacial score (nSPS) is 12.2. The summed E-state index contributed by atoms with van der Waals surface area (Å²) in [7, 11) is 1.61. The topological polar surface area (TPSA) is 21.3 Å². The minimum atomic E-state index is 0.0840. The Bertz CT molecular complexity index is 569. The zero-order valence-electron chi connectivity index (χ0n) is 11.5. The predicted octanol–water partition coefficient (Wildman–Crippen LogP) is 4.70. The van der Waals surface area contributed by atoms with E-state index in [4.69, 9.17) is 27.9 Å². The van der Waals surface area contributed by atoms with Crippen molar-refractivity contribution in [2.24, 2.45) is 0 Å². The van der Waals surface area contributed by atoms with E-state index in [1.165, 1.54) is 0 Å². The summed E-state index contributed by atoms with van der Waals surface area (Å²) in [5, 5.41) is 4.80. The van der Waals surface area contributed by atoms with Crippen LogP contribution in [0.3, 0.4) is 0 Å². The monoisotopic (exact) mass is 309 g/mol. The molecule has 0 saturated carbocycles. The highest BCUT2D eigenvalue weighted by Gasteiger charge is 2.14. The van der Waals surface area contributed by atoms with E-state index in [-0.39, 0.29) is 6.04 Å². The molecule has 0 aliphatic carbocycles. The van der Waals surface area contributed by atoms with Crippen LogP contribution in [0.1, 0.15) is 24.1 Å². The third kappa shape index (κ3) is 3.45. The first kappa shape index (κ1) is 15.2. The molecule has 0 heterocycles. The van der Waals surface area contributed by atoms with Crippen LogP contribution in [0, 0.1) is 0 Å². The van der Waals surface area contributed by atoms with Gasteiger partial charge in [-0.25, -0.2) is 0 Å². The Balaban J connectivity index is 2.37. The number of nitrogens with one attached hydrogen (secondary N) is 1. The number of ether oxygens (including phenoxy) is 1. The van der Waals surface area contributed by atoms with Gasteiger partial charge in [0.25, 0.3) is 0 Å². The van der Waals surface area contributed by atoms with E-state index < -0.39 is 0 Å². The van der Waals surface area contributed by atoms with Crippen LogP contribution in [0.4, 0.5) is 0 Å². The van der Waals surface area contributed by atoms with Crippen molar-refractivity contribution in [3.8, 4) is 5.75 Å². The van der Waals surface area contributed by atoms with Gasteiger partial charge in [-0.3, -0.25) is 0 Å². The molecule has 1 N–H and O–H groups in total. The first-order chi connectivity index (χ1) is 9.65. The highest BCUT2D eigenvalue weighted by molar-refractivity contribution is 6.32. The van der Waals surface area contributed by atoms with Crippen LogP contribution in [-0.4, -0.2) is 13.7 Å². The maximum Gasteiger partial charge on any atom is 0.137 e. The minimum absolute atomic E-state index is 0.0840. The summed E-state index contributed by atoms with van der Waals surface area (Å²) in [4.78, 5) is 0. The Hall–Kier alpha value is -1.22. The molecule has 4 heteroatoms. The molecule has 1 unspecified atom stereocenters. The summed E-state index contributed by atoms with van der Waals surface area (Å²) in [6, 6.07) is 13.8. The van der Waals surface area contributed by atoms with Gasteiger partial charge in [-0.1, -0.05) is 48.3 Å². The van der Waals surface area contributed by atoms with E-state index in [2.05, 4.69) is 12.2 Å². The Kier molecular flexibility index (Phi) is 5.30. The molecule has 0 spiro atoms. The molecule has 0 bridgehead atoms. The number of methoxy groups -OCH3 is 1.